The molecule has 2 aromatic heterocycles. The fraction of sp³-hybridized carbons (Fsp3) is 0.500. The van der Waals surface area contributed by atoms with Gasteiger partial charge in [0.2, 0.25) is 5.91 Å². The number of carbonyl (C=O) groups is 1. The SMILES string of the molecule is O=C(Cc1ccccn1)N1C[C@H]2C[C@@H](n3cccn3)[C@H](O)C[C@H]2C1. The third-order valence-corrected chi connectivity index (χ3v) is 5.38. The molecule has 24 heavy (non-hydrogen) atoms. The molecule has 4 atom stereocenters. The Hall–Kier alpha value is -2.21. The molecule has 126 valence electrons. The van der Waals surface area contributed by atoms with E-state index in [0.717, 1.165) is 31.6 Å². The molecule has 0 radical (unpaired) electrons. The zero-order valence-corrected chi connectivity index (χ0v) is 13.5. The summed E-state index contributed by atoms with van der Waals surface area (Å²) >= 11 is 0. The average Bonchev–Trinajstić information content (AvgIpc) is 3.24. The van der Waals surface area contributed by atoms with E-state index < -0.39 is 6.10 Å². The van der Waals surface area contributed by atoms with Crippen LogP contribution in [0.1, 0.15) is 24.6 Å². The maximum atomic E-state index is 12.6. The summed E-state index contributed by atoms with van der Waals surface area (Å²) < 4.78 is 1.86. The molecule has 1 aliphatic heterocycles. The van der Waals surface area contributed by atoms with E-state index in [-0.39, 0.29) is 11.9 Å². The van der Waals surface area contributed by atoms with E-state index in [4.69, 9.17) is 0 Å². The number of nitrogens with zero attached hydrogens (tertiary/aromatic N) is 4. The minimum atomic E-state index is -0.392. The molecule has 0 aromatic carbocycles. The van der Waals surface area contributed by atoms with Crippen LogP contribution in [0.25, 0.3) is 0 Å². The fourth-order valence-corrected chi connectivity index (χ4v) is 4.14. The predicted molar refractivity (Wildman–Crippen MR) is 88.0 cm³/mol. The molecule has 6 heteroatoms. The Kier molecular flexibility index (Phi) is 4.06. The lowest BCUT2D eigenvalue weighted by molar-refractivity contribution is -0.129. The van der Waals surface area contributed by atoms with Gasteiger partial charge in [0.05, 0.1) is 18.6 Å². The van der Waals surface area contributed by atoms with E-state index in [0.29, 0.717) is 18.3 Å². The summed E-state index contributed by atoms with van der Waals surface area (Å²) in [4.78, 5) is 18.7. The molecule has 1 saturated carbocycles. The predicted octanol–water partition coefficient (Wildman–Crippen LogP) is 1.29. The zero-order chi connectivity index (χ0) is 16.5. The minimum Gasteiger partial charge on any atom is -0.391 e. The van der Waals surface area contributed by atoms with Crippen molar-refractivity contribution in [1.29, 1.82) is 0 Å². The van der Waals surface area contributed by atoms with Gasteiger partial charge >= 0.3 is 0 Å². The summed E-state index contributed by atoms with van der Waals surface area (Å²) in [7, 11) is 0. The molecule has 1 N–H and O–H groups in total. The molecule has 2 fully saturated rings. The lowest BCUT2D eigenvalue weighted by Crippen LogP contribution is -2.36. The molecule has 6 nitrogen and oxygen atoms in total. The van der Waals surface area contributed by atoms with Crippen LogP contribution >= 0.6 is 0 Å². The Balaban J connectivity index is 1.41. The van der Waals surface area contributed by atoms with Gasteiger partial charge in [0.15, 0.2) is 0 Å². The summed E-state index contributed by atoms with van der Waals surface area (Å²) in [5, 5.41) is 14.8. The largest absolute Gasteiger partial charge is 0.391 e. The van der Waals surface area contributed by atoms with Gasteiger partial charge in [-0.25, -0.2) is 0 Å². The monoisotopic (exact) mass is 326 g/mol. The lowest BCUT2D eigenvalue weighted by atomic mass is 9.77. The first-order valence-electron chi connectivity index (χ1n) is 8.55. The zero-order valence-electron chi connectivity index (χ0n) is 13.5. The molecular formula is C18H22N4O2. The Labute approximate surface area is 141 Å². The Morgan fingerprint density at radius 2 is 2.00 bits per heavy atom. The van der Waals surface area contributed by atoms with Crippen molar-refractivity contribution in [2.24, 2.45) is 11.8 Å². The number of likely N-dealkylation sites (tertiary alicyclic amines) is 1. The van der Waals surface area contributed by atoms with Crippen molar-refractivity contribution in [2.75, 3.05) is 13.1 Å². The van der Waals surface area contributed by atoms with Crippen molar-refractivity contribution < 1.29 is 9.90 Å². The number of aromatic nitrogens is 3. The molecule has 1 saturated heterocycles. The molecule has 0 bridgehead atoms. The van der Waals surface area contributed by atoms with Gasteiger partial charge in [0.25, 0.3) is 0 Å². The van der Waals surface area contributed by atoms with Gasteiger partial charge in [-0.05, 0) is 42.9 Å². The van der Waals surface area contributed by atoms with Crippen LogP contribution in [0, 0.1) is 11.8 Å². The first-order chi connectivity index (χ1) is 11.7. The van der Waals surface area contributed by atoms with Crippen molar-refractivity contribution in [3.63, 3.8) is 0 Å². The van der Waals surface area contributed by atoms with Gasteiger partial charge < -0.3 is 10.0 Å². The molecule has 2 aliphatic rings. The average molecular weight is 326 g/mol. The maximum Gasteiger partial charge on any atom is 0.228 e. The number of aliphatic hydroxyl groups excluding tert-OH is 1. The quantitative estimate of drug-likeness (QED) is 0.923. The topological polar surface area (TPSA) is 71.2 Å². The molecule has 3 heterocycles. The van der Waals surface area contributed by atoms with E-state index in [1.165, 1.54) is 0 Å². The Morgan fingerprint density at radius 3 is 2.71 bits per heavy atom. The second kappa shape index (κ2) is 6.36. The van der Waals surface area contributed by atoms with Crippen molar-refractivity contribution in [1.82, 2.24) is 19.7 Å². The third kappa shape index (κ3) is 2.94. The molecular weight excluding hydrogens is 304 g/mol. The number of rotatable bonds is 3. The number of carbonyl (C=O) groups excluding carboxylic acids is 1. The van der Waals surface area contributed by atoms with Crippen LogP contribution < -0.4 is 0 Å². The highest BCUT2D eigenvalue weighted by atomic mass is 16.3. The van der Waals surface area contributed by atoms with E-state index in [1.54, 1.807) is 12.4 Å². The van der Waals surface area contributed by atoms with Crippen LogP contribution in [0.15, 0.2) is 42.9 Å². The third-order valence-electron chi connectivity index (χ3n) is 5.38. The standard InChI is InChI=1S/C18H22N4O2/c23-17-9-14-12-21(18(24)10-15-4-1-2-5-19-15)11-13(14)8-16(17)22-7-3-6-20-22/h1-7,13-14,16-17,23H,8-12H2/t13-,14+,16-,17-/m1/s1. The summed E-state index contributed by atoms with van der Waals surface area (Å²) in [5.41, 5.74) is 0.812. The smallest absolute Gasteiger partial charge is 0.228 e. The van der Waals surface area contributed by atoms with Crippen LogP contribution in [0.2, 0.25) is 0 Å². The Morgan fingerprint density at radius 1 is 1.17 bits per heavy atom. The van der Waals surface area contributed by atoms with Crippen molar-refractivity contribution in [3.8, 4) is 0 Å². The fourth-order valence-electron chi connectivity index (χ4n) is 4.14. The van der Waals surface area contributed by atoms with Crippen LogP contribution in [0.4, 0.5) is 0 Å². The van der Waals surface area contributed by atoms with E-state index in [9.17, 15) is 9.90 Å². The summed E-state index contributed by atoms with van der Waals surface area (Å²) in [6.45, 7) is 1.53. The minimum absolute atomic E-state index is 0.0205. The van der Waals surface area contributed by atoms with Crippen molar-refractivity contribution in [3.05, 3.63) is 48.5 Å². The second-order valence-corrected chi connectivity index (χ2v) is 6.91. The highest BCUT2D eigenvalue weighted by Gasteiger charge is 2.43. The van der Waals surface area contributed by atoms with Gasteiger partial charge in [0, 0.05) is 37.4 Å². The molecule has 1 amide bonds. The van der Waals surface area contributed by atoms with Gasteiger partial charge in [0.1, 0.15) is 0 Å². The number of hydrogen-bond acceptors (Lipinski definition) is 4. The highest BCUT2D eigenvalue weighted by Crippen LogP contribution is 2.41. The molecule has 0 spiro atoms. The van der Waals surface area contributed by atoms with Crippen LogP contribution in [-0.2, 0) is 11.2 Å². The van der Waals surface area contributed by atoms with E-state index >= 15 is 0 Å². The molecule has 0 unspecified atom stereocenters. The highest BCUT2D eigenvalue weighted by molar-refractivity contribution is 5.78. The first-order valence-corrected chi connectivity index (χ1v) is 8.55. The number of pyridine rings is 1. The van der Waals surface area contributed by atoms with Gasteiger partial charge in [-0.1, -0.05) is 6.07 Å². The van der Waals surface area contributed by atoms with E-state index in [2.05, 4.69) is 10.1 Å². The van der Waals surface area contributed by atoms with Gasteiger partial charge in [-0.2, -0.15) is 5.10 Å². The summed E-state index contributed by atoms with van der Waals surface area (Å²) in [5.74, 6) is 0.961. The van der Waals surface area contributed by atoms with Crippen molar-refractivity contribution in [2.45, 2.75) is 31.4 Å². The maximum absolute atomic E-state index is 12.6. The van der Waals surface area contributed by atoms with Crippen LogP contribution in [0.5, 0.6) is 0 Å². The number of fused-ring (bicyclic) bond motifs is 1. The van der Waals surface area contributed by atoms with E-state index in [1.807, 2.05) is 40.0 Å². The number of hydrogen-bond donors (Lipinski definition) is 1. The van der Waals surface area contributed by atoms with Crippen LogP contribution in [0.3, 0.4) is 0 Å². The lowest BCUT2D eigenvalue weighted by Gasteiger charge is -2.35. The van der Waals surface area contributed by atoms with Gasteiger partial charge in [-0.3, -0.25) is 14.5 Å². The molecule has 1 aliphatic carbocycles. The number of amides is 1. The summed E-state index contributed by atoms with van der Waals surface area (Å²) in [6.07, 6.45) is 6.95. The van der Waals surface area contributed by atoms with Crippen LogP contribution in [-0.4, -0.2) is 49.9 Å². The van der Waals surface area contributed by atoms with Gasteiger partial charge in [-0.15, -0.1) is 0 Å². The number of aliphatic hydroxyl groups is 1. The first kappa shape index (κ1) is 15.3. The van der Waals surface area contributed by atoms with Crippen molar-refractivity contribution >= 4 is 5.91 Å². The second-order valence-electron chi connectivity index (χ2n) is 6.91. The molecule has 2 aromatic rings. The normalized spacial score (nSPS) is 29.5. The Bertz CT molecular complexity index is 688. The summed E-state index contributed by atoms with van der Waals surface area (Å²) in [6, 6.07) is 7.56. The molecule has 4 rings (SSSR count).